The van der Waals surface area contributed by atoms with Crippen molar-refractivity contribution in [3.8, 4) is 5.75 Å². The first-order chi connectivity index (χ1) is 7.91. The van der Waals surface area contributed by atoms with E-state index in [0.29, 0.717) is 5.58 Å². The zero-order valence-electron chi connectivity index (χ0n) is 10.5. The van der Waals surface area contributed by atoms with Crippen molar-refractivity contribution in [1.29, 1.82) is 0 Å². The van der Waals surface area contributed by atoms with Gasteiger partial charge in [-0.05, 0) is 23.6 Å². The van der Waals surface area contributed by atoms with Crippen LogP contribution in [-0.2, 0) is 5.41 Å². The fourth-order valence-corrected chi connectivity index (χ4v) is 1.85. The Morgan fingerprint density at radius 3 is 2.47 bits per heavy atom. The van der Waals surface area contributed by atoms with Gasteiger partial charge in [-0.3, -0.25) is 0 Å². The van der Waals surface area contributed by atoms with Crippen molar-refractivity contribution in [3.05, 3.63) is 40.2 Å². The summed E-state index contributed by atoms with van der Waals surface area (Å²) in [5.74, 6) is 0.818. The highest BCUT2D eigenvalue weighted by Gasteiger charge is 2.20. The average Bonchev–Trinajstić information content (AvgIpc) is 2.26. The highest BCUT2D eigenvalue weighted by molar-refractivity contribution is 5.79. The van der Waals surface area contributed by atoms with E-state index in [-0.39, 0.29) is 11.0 Å². The van der Waals surface area contributed by atoms with E-state index in [1.165, 1.54) is 6.07 Å². The lowest BCUT2D eigenvalue weighted by molar-refractivity contribution is 0.397. The van der Waals surface area contributed by atoms with Crippen molar-refractivity contribution < 1.29 is 9.15 Å². The van der Waals surface area contributed by atoms with Gasteiger partial charge in [0.05, 0.1) is 7.11 Å². The van der Waals surface area contributed by atoms with E-state index in [4.69, 9.17) is 9.15 Å². The standard InChI is InChI=1S/C14H16O3/c1-14(2,3)10-8-11-9(7-12(10)16-4)5-6-13(15)17-11/h5-8H,1-4H3. The molecule has 1 aromatic carbocycles. The van der Waals surface area contributed by atoms with Gasteiger partial charge in [0, 0.05) is 17.0 Å². The lowest BCUT2D eigenvalue weighted by Crippen LogP contribution is -2.13. The summed E-state index contributed by atoms with van der Waals surface area (Å²) in [5.41, 5.74) is 1.24. The molecule has 1 heterocycles. The number of hydrogen-bond acceptors (Lipinski definition) is 3. The molecular formula is C14H16O3. The first-order valence-electron chi connectivity index (χ1n) is 5.54. The van der Waals surface area contributed by atoms with Crippen LogP contribution in [0.5, 0.6) is 5.75 Å². The summed E-state index contributed by atoms with van der Waals surface area (Å²) in [5, 5.41) is 0.870. The van der Waals surface area contributed by atoms with Crippen molar-refractivity contribution in [3.63, 3.8) is 0 Å². The maximum absolute atomic E-state index is 11.2. The Bertz CT molecular complexity index is 603. The molecule has 3 nitrogen and oxygen atoms in total. The van der Waals surface area contributed by atoms with Crippen LogP contribution in [0, 0.1) is 0 Å². The zero-order valence-corrected chi connectivity index (χ0v) is 10.5. The molecule has 0 aliphatic heterocycles. The molecular weight excluding hydrogens is 216 g/mol. The molecule has 2 aromatic rings. The molecule has 0 bridgehead atoms. The Morgan fingerprint density at radius 2 is 1.88 bits per heavy atom. The lowest BCUT2D eigenvalue weighted by atomic mass is 9.86. The third-order valence-corrected chi connectivity index (χ3v) is 2.75. The molecule has 0 amide bonds. The van der Waals surface area contributed by atoms with E-state index in [2.05, 4.69) is 20.8 Å². The van der Waals surface area contributed by atoms with Crippen LogP contribution < -0.4 is 10.4 Å². The molecule has 1 aromatic heterocycles. The third-order valence-electron chi connectivity index (χ3n) is 2.75. The molecule has 3 heteroatoms. The fraction of sp³-hybridized carbons (Fsp3) is 0.357. The van der Waals surface area contributed by atoms with E-state index < -0.39 is 0 Å². The molecule has 0 unspecified atom stereocenters. The second-order valence-electron chi connectivity index (χ2n) is 5.09. The molecule has 0 N–H and O–H groups in total. The van der Waals surface area contributed by atoms with E-state index in [0.717, 1.165) is 16.7 Å². The van der Waals surface area contributed by atoms with Gasteiger partial charge in [0.1, 0.15) is 11.3 Å². The highest BCUT2D eigenvalue weighted by Crippen LogP contribution is 2.34. The maximum Gasteiger partial charge on any atom is 0.336 e. The molecule has 0 atom stereocenters. The van der Waals surface area contributed by atoms with Crippen molar-refractivity contribution in [2.45, 2.75) is 26.2 Å². The van der Waals surface area contributed by atoms with Crippen molar-refractivity contribution in [1.82, 2.24) is 0 Å². The predicted molar refractivity (Wildman–Crippen MR) is 67.7 cm³/mol. The van der Waals surface area contributed by atoms with E-state index in [9.17, 15) is 4.79 Å². The average molecular weight is 232 g/mol. The van der Waals surface area contributed by atoms with Gasteiger partial charge >= 0.3 is 5.63 Å². The topological polar surface area (TPSA) is 39.4 Å². The van der Waals surface area contributed by atoms with Crippen LogP contribution >= 0.6 is 0 Å². The smallest absolute Gasteiger partial charge is 0.336 e. The van der Waals surface area contributed by atoms with Crippen LogP contribution in [0.1, 0.15) is 26.3 Å². The number of ether oxygens (including phenoxy) is 1. The van der Waals surface area contributed by atoms with Gasteiger partial charge < -0.3 is 9.15 Å². The largest absolute Gasteiger partial charge is 0.496 e. The van der Waals surface area contributed by atoms with Crippen LogP contribution in [0.2, 0.25) is 0 Å². The summed E-state index contributed by atoms with van der Waals surface area (Å²) in [4.78, 5) is 11.2. The summed E-state index contributed by atoms with van der Waals surface area (Å²) in [6, 6.07) is 6.95. The quantitative estimate of drug-likeness (QED) is 0.709. The Labute approximate surface area is 100 Å². The summed E-state index contributed by atoms with van der Waals surface area (Å²) in [7, 11) is 1.65. The first-order valence-corrected chi connectivity index (χ1v) is 5.54. The van der Waals surface area contributed by atoms with Crippen molar-refractivity contribution >= 4 is 11.0 Å². The minimum atomic E-state index is -0.331. The summed E-state index contributed by atoms with van der Waals surface area (Å²) >= 11 is 0. The van der Waals surface area contributed by atoms with Crippen LogP contribution in [-0.4, -0.2) is 7.11 Å². The van der Waals surface area contributed by atoms with E-state index >= 15 is 0 Å². The van der Waals surface area contributed by atoms with Gasteiger partial charge in [0.25, 0.3) is 0 Å². The molecule has 0 radical (unpaired) electrons. The second-order valence-corrected chi connectivity index (χ2v) is 5.09. The first kappa shape index (κ1) is 11.7. The van der Waals surface area contributed by atoms with E-state index in [1.807, 2.05) is 12.1 Å². The Balaban J connectivity index is 2.79. The third kappa shape index (κ3) is 2.18. The molecule has 0 spiro atoms. The molecule has 0 saturated carbocycles. The highest BCUT2D eigenvalue weighted by atomic mass is 16.5. The van der Waals surface area contributed by atoms with Crippen molar-refractivity contribution in [2.24, 2.45) is 0 Å². The number of methoxy groups -OCH3 is 1. The van der Waals surface area contributed by atoms with Gasteiger partial charge in [0.15, 0.2) is 0 Å². The molecule has 90 valence electrons. The molecule has 0 saturated heterocycles. The minimum Gasteiger partial charge on any atom is -0.496 e. The van der Waals surface area contributed by atoms with Gasteiger partial charge in [0.2, 0.25) is 0 Å². The monoisotopic (exact) mass is 232 g/mol. The predicted octanol–water partition coefficient (Wildman–Crippen LogP) is 3.10. The van der Waals surface area contributed by atoms with Gasteiger partial charge in [-0.2, -0.15) is 0 Å². The Morgan fingerprint density at radius 1 is 1.18 bits per heavy atom. The van der Waals surface area contributed by atoms with Gasteiger partial charge in [-0.15, -0.1) is 0 Å². The van der Waals surface area contributed by atoms with Gasteiger partial charge in [-0.25, -0.2) is 4.79 Å². The molecule has 17 heavy (non-hydrogen) atoms. The molecule has 0 fully saturated rings. The normalized spacial score (nSPS) is 11.8. The number of benzene rings is 1. The second kappa shape index (κ2) is 3.91. The molecule has 0 aliphatic rings. The van der Waals surface area contributed by atoms with E-state index in [1.54, 1.807) is 13.2 Å². The number of fused-ring (bicyclic) bond motifs is 1. The number of hydrogen-bond donors (Lipinski definition) is 0. The maximum atomic E-state index is 11.2. The Kier molecular flexibility index (Phi) is 2.69. The number of rotatable bonds is 1. The van der Waals surface area contributed by atoms with Gasteiger partial charge in [-0.1, -0.05) is 20.8 Å². The summed E-state index contributed by atoms with van der Waals surface area (Å²) in [6.07, 6.45) is 0. The zero-order chi connectivity index (χ0) is 12.6. The molecule has 0 aliphatic carbocycles. The summed E-state index contributed by atoms with van der Waals surface area (Å²) < 4.78 is 10.6. The fourth-order valence-electron chi connectivity index (χ4n) is 1.85. The van der Waals surface area contributed by atoms with Crippen LogP contribution in [0.25, 0.3) is 11.0 Å². The van der Waals surface area contributed by atoms with Crippen LogP contribution in [0.4, 0.5) is 0 Å². The van der Waals surface area contributed by atoms with Crippen molar-refractivity contribution in [2.75, 3.05) is 7.11 Å². The SMILES string of the molecule is COc1cc2ccc(=O)oc2cc1C(C)(C)C. The van der Waals surface area contributed by atoms with Crippen LogP contribution in [0.15, 0.2) is 33.5 Å². The minimum absolute atomic E-state index is 0.0616. The van der Waals surface area contributed by atoms with Crippen LogP contribution in [0.3, 0.4) is 0 Å². The lowest BCUT2D eigenvalue weighted by Gasteiger charge is -2.22. The molecule has 2 rings (SSSR count). The summed E-state index contributed by atoms with van der Waals surface area (Å²) in [6.45, 7) is 6.28. The Hall–Kier alpha value is -1.77.